The van der Waals surface area contributed by atoms with Crippen LogP contribution in [0.4, 0.5) is 0 Å². The second kappa shape index (κ2) is 3.45. The molecule has 0 N–H and O–H groups in total. The Morgan fingerprint density at radius 3 is 3.08 bits per heavy atom. The molecule has 1 heteroatoms. The molecule has 0 saturated carbocycles. The lowest BCUT2D eigenvalue weighted by molar-refractivity contribution is 0.412. The highest BCUT2D eigenvalue weighted by Gasteiger charge is 2.29. The number of fused-ring (bicyclic) bond motifs is 1. The van der Waals surface area contributed by atoms with Gasteiger partial charge in [0.05, 0.1) is 0 Å². The number of rotatable bonds is 1. The SMILES string of the molecule is CCC1(C)CCCCc2sccc21. The third-order valence-electron chi connectivity index (χ3n) is 3.56. The maximum atomic E-state index is 2.43. The quantitative estimate of drug-likeness (QED) is 0.589. The van der Waals surface area contributed by atoms with Crippen LogP contribution in [0.15, 0.2) is 11.4 Å². The Kier molecular flexibility index (Phi) is 2.46. The minimum Gasteiger partial charge on any atom is -0.149 e. The van der Waals surface area contributed by atoms with Gasteiger partial charge in [-0.1, -0.05) is 20.3 Å². The summed E-state index contributed by atoms with van der Waals surface area (Å²) in [7, 11) is 0. The zero-order chi connectivity index (χ0) is 9.31. The molecule has 1 aromatic rings. The fourth-order valence-corrected chi connectivity index (χ4v) is 3.45. The van der Waals surface area contributed by atoms with Crippen LogP contribution in [0, 0.1) is 0 Å². The van der Waals surface area contributed by atoms with Crippen LogP contribution in [0.2, 0.25) is 0 Å². The Bertz CT molecular complexity index is 287. The van der Waals surface area contributed by atoms with Crippen molar-refractivity contribution < 1.29 is 0 Å². The van der Waals surface area contributed by atoms with Crippen LogP contribution in [0.25, 0.3) is 0 Å². The fraction of sp³-hybridized carbons (Fsp3) is 0.667. The van der Waals surface area contributed by atoms with Crippen molar-refractivity contribution in [1.29, 1.82) is 0 Å². The molecule has 0 radical (unpaired) electrons. The second-order valence-electron chi connectivity index (χ2n) is 4.38. The molecule has 0 aromatic carbocycles. The van der Waals surface area contributed by atoms with Crippen molar-refractivity contribution in [3.63, 3.8) is 0 Å². The predicted molar refractivity (Wildman–Crippen MR) is 59.5 cm³/mol. The van der Waals surface area contributed by atoms with Crippen molar-refractivity contribution >= 4 is 11.3 Å². The summed E-state index contributed by atoms with van der Waals surface area (Å²) in [5.41, 5.74) is 2.13. The summed E-state index contributed by atoms with van der Waals surface area (Å²) in [6.07, 6.45) is 6.79. The van der Waals surface area contributed by atoms with Gasteiger partial charge >= 0.3 is 0 Å². The highest BCUT2D eigenvalue weighted by molar-refractivity contribution is 7.10. The van der Waals surface area contributed by atoms with Crippen LogP contribution in [0.3, 0.4) is 0 Å². The Labute approximate surface area is 85.0 Å². The zero-order valence-corrected chi connectivity index (χ0v) is 9.41. The third kappa shape index (κ3) is 1.54. The number of thiophene rings is 1. The Morgan fingerprint density at radius 2 is 2.31 bits per heavy atom. The van der Waals surface area contributed by atoms with Crippen LogP contribution >= 0.6 is 11.3 Å². The van der Waals surface area contributed by atoms with Gasteiger partial charge in [-0.05, 0) is 48.1 Å². The van der Waals surface area contributed by atoms with Crippen molar-refractivity contribution in [2.24, 2.45) is 0 Å². The van der Waals surface area contributed by atoms with E-state index in [1.54, 1.807) is 10.4 Å². The Balaban J connectivity index is 2.41. The lowest BCUT2D eigenvalue weighted by Gasteiger charge is -2.27. The molecule has 1 aliphatic carbocycles. The zero-order valence-electron chi connectivity index (χ0n) is 8.60. The summed E-state index contributed by atoms with van der Waals surface area (Å²) in [5.74, 6) is 0. The highest BCUT2D eigenvalue weighted by atomic mass is 32.1. The molecular formula is C12H18S. The van der Waals surface area contributed by atoms with Gasteiger partial charge in [0.25, 0.3) is 0 Å². The molecule has 2 rings (SSSR count). The number of hydrogen-bond donors (Lipinski definition) is 0. The van der Waals surface area contributed by atoms with E-state index in [-0.39, 0.29) is 0 Å². The van der Waals surface area contributed by atoms with Gasteiger partial charge in [-0.3, -0.25) is 0 Å². The molecule has 1 heterocycles. The van der Waals surface area contributed by atoms with Crippen LogP contribution in [0.1, 0.15) is 50.0 Å². The predicted octanol–water partition coefficient (Wildman–Crippen LogP) is 4.14. The minimum atomic E-state index is 0.478. The molecule has 13 heavy (non-hydrogen) atoms. The average molecular weight is 194 g/mol. The van der Waals surface area contributed by atoms with Crippen molar-refractivity contribution in [3.8, 4) is 0 Å². The van der Waals surface area contributed by atoms with Crippen LogP contribution in [-0.4, -0.2) is 0 Å². The first kappa shape index (κ1) is 9.26. The Morgan fingerprint density at radius 1 is 1.46 bits per heavy atom. The first-order chi connectivity index (χ1) is 6.26. The van der Waals surface area contributed by atoms with E-state index < -0.39 is 0 Å². The van der Waals surface area contributed by atoms with Crippen LogP contribution in [0.5, 0.6) is 0 Å². The highest BCUT2D eigenvalue weighted by Crippen LogP contribution is 2.40. The summed E-state index contributed by atoms with van der Waals surface area (Å²) in [5, 5.41) is 2.27. The van der Waals surface area contributed by atoms with Gasteiger partial charge < -0.3 is 0 Å². The summed E-state index contributed by atoms with van der Waals surface area (Å²) < 4.78 is 0. The van der Waals surface area contributed by atoms with E-state index in [4.69, 9.17) is 0 Å². The normalized spacial score (nSPS) is 28.2. The van der Waals surface area contributed by atoms with Gasteiger partial charge in [-0.25, -0.2) is 0 Å². The van der Waals surface area contributed by atoms with Gasteiger partial charge in [0, 0.05) is 4.88 Å². The standard InChI is InChI=1S/C12H18S/c1-3-12(2)8-5-4-6-11-10(12)7-9-13-11/h7,9H,3-6,8H2,1-2H3. The topological polar surface area (TPSA) is 0 Å². The molecule has 0 fully saturated rings. The number of aryl methyl sites for hydroxylation is 1. The molecule has 1 aliphatic rings. The monoisotopic (exact) mass is 194 g/mol. The molecule has 0 nitrogen and oxygen atoms in total. The molecule has 0 amide bonds. The molecule has 1 atom stereocenters. The van der Waals surface area contributed by atoms with E-state index in [1.807, 2.05) is 11.3 Å². The van der Waals surface area contributed by atoms with Crippen LogP contribution < -0.4 is 0 Å². The number of hydrogen-bond acceptors (Lipinski definition) is 1. The minimum absolute atomic E-state index is 0.478. The first-order valence-corrected chi connectivity index (χ1v) is 6.21. The maximum absolute atomic E-state index is 2.43. The van der Waals surface area contributed by atoms with Gasteiger partial charge in [0.15, 0.2) is 0 Å². The van der Waals surface area contributed by atoms with Gasteiger partial charge in [-0.2, -0.15) is 0 Å². The molecule has 0 saturated heterocycles. The van der Waals surface area contributed by atoms with E-state index in [1.165, 1.54) is 32.1 Å². The Hall–Kier alpha value is -0.300. The first-order valence-electron chi connectivity index (χ1n) is 5.33. The molecular weight excluding hydrogens is 176 g/mol. The maximum Gasteiger partial charge on any atom is 0.00827 e. The lowest BCUT2D eigenvalue weighted by atomic mass is 9.78. The third-order valence-corrected chi connectivity index (χ3v) is 4.54. The smallest absolute Gasteiger partial charge is 0.00827 e. The van der Waals surface area contributed by atoms with Gasteiger partial charge in [0.2, 0.25) is 0 Å². The van der Waals surface area contributed by atoms with Crippen molar-refractivity contribution in [1.82, 2.24) is 0 Å². The lowest BCUT2D eigenvalue weighted by Crippen LogP contribution is -2.19. The molecule has 72 valence electrons. The van der Waals surface area contributed by atoms with Crippen molar-refractivity contribution in [3.05, 3.63) is 21.9 Å². The largest absolute Gasteiger partial charge is 0.149 e. The molecule has 0 spiro atoms. The van der Waals surface area contributed by atoms with E-state index in [0.717, 1.165) is 0 Å². The van der Waals surface area contributed by atoms with Gasteiger partial charge in [-0.15, -0.1) is 11.3 Å². The summed E-state index contributed by atoms with van der Waals surface area (Å²) in [4.78, 5) is 1.65. The molecule has 1 unspecified atom stereocenters. The second-order valence-corrected chi connectivity index (χ2v) is 5.38. The average Bonchev–Trinajstić information content (AvgIpc) is 2.55. The summed E-state index contributed by atoms with van der Waals surface area (Å²) in [6, 6.07) is 2.36. The van der Waals surface area contributed by atoms with E-state index in [9.17, 15) is 0 Å². The molecule has 0 aliphatic heterocycles. The van der Waals surface area contributed by atoms with E-state index in [0.29, 0.717) is 5.41 Å². The van der Waals surface area contributed by atoms with Crippen molar-refractivity contribution in [2.45, 2.75) is 51.4 Å². The summed E-state index contributed by atoms with van der Waals surface area (Å²) >= 11 is 1.96. The van der Waals surface area contributed by atoms with E-state index >= 15 is 0 Å². The fourth-order valence-electron chi connectivity index (χ4n) is 2.37. The molecule has 0 bridgehead atoms. The van der Waals surface area contributed by atoms with E-state index in [2.05, 4.69) is 25.3 Å². The van der Waals surface area contributed by atoms with Crippen molar-refractivity contribution in [2.75, 3.05) is 0 Å². The van der Waals surface area contributed by atoms with Crippen LogP contribution in [-0.2, 0) is 11.8 Å². The summed E-state index contributed by atoms with van der Waals surface area (Å²) in [6.45, 7) is 4.76. The van der Waals surface area contributed by atoms with Gasteiger partial charge in [0.1, 0.15) is 0 Å². The molecule has 1 aromatic heterocycles.